The van der Waals surface area contributed by atoms with E-state index in [2.05, 4.69) is 5.32 Å². The highest BCUT2D eigenvalue weighted by atomic mass is 16.5. The van der Waals surface area contributed by atoms with E-state index in [1.807, 2.05) is 25.1 Å². The van der Waals surface area contributed by atoms with Gasteiger partial charge in [-0.1, -0.05) is 13.0 Å². The van der Waals surface area contributed by atoms with Gasteiger partial charge in [-0.3, -0.25) is 4.79 Å². The van der Waals surface area contributed by atoms with Crippen molar-refractivity contribution in [3.8, 4) is 11.5 Å². The Labute approximate surface area is 113 Å². The van der Waals surface area contributed by atoms with Crippen LogP contribution in [-0.2, 0) is 11.3 Å². The third-order valence-electron chi connectivity index (χ3n) is 3.04. The minimum Gasteiger partial charge on any atom is -0.497 e. The molecule has 5 nitrogen and oxygen atoms in total. The number of hydrogen-bond acceptors (Lipinski definition) is 4. The van der Waals surface area contributed by atoms with E-state index in [0.29, 0.717) is 19.5 Å². The van der Waals surface area contributed by atoms with Gasteiger partial charge in [-0.25, -0.2) is 0 Å². The molecule has 2 N–H and O–H groups in total. The van der Waals surface area contributed by atoms with Crippen molar-refractivity contribution < 1.29 is 19.4 Å². The number of ether oxygens (including phenoxy) is 2. The first-order valence-electron chi connectivity index (χ1n) is 6.26. The van der Waals surface area contributed by atoms with Crippen LogP contribution in [0.1, 0.15) is 18.9 Å². The van der Waals surface area contributed by atoms with Crippen LogP contribution in [0.5, 0.6) is 11.5 Å². The van der Waals surface area contributed by atoms with Crippen molar-refractivity contribution >= 4 is 5.97 Å². The Bertz CT molecular complexity index is 420. The van der Waals surface area contributed by atoms with Crippen LogP contribution < -0.4 is 14.8 Å². The summed E-state index contributed by atoms with van der Waals surface area (Å²) in [6, 6.07) is 5.58. The van der Waals surface area contributed by atoms with Gasteiger partial charge in [0, 0.05) is 24.7 Å². The molecule has 0 radical (unpaired) electrons. The monoisotopic (exact) mass is 267 g/mol. The highest BCUT2D eigenvalue weighted by Crippen LogP contribution is 2.24. The SMILES string of the molecule is CCC(CNCc1ccc(OC)cc1OC)C(=O)O. The summed E-state index contributed by atoms with van der Waals surface area (Å²) < 4.78 is 10.4. The molecule has 0 aliphatic rings. The predicted octanol–water partition coefficient (Wildman–Crippen LogP) is 1.90. The topological polar surface area (TPSA) is 67.8 Å². The molecule has 0 amide bonds. The Morgan fingerprint density at radius 2 is 2.11 bits per heavy atom. The average Bonchev–Trinajstić information content (AvgIpc) is 2.43. The average molecular weight is 267 g/mol. The van der Waals surface area contributed by atoms with Crippen molar-refractivity contribution in [3.05, 3.63) is 23.8 Å². The van der Waals surface area contributed by atoms with Gasteiger partial charge in [0.25, 0.3) is 0 Å². The summed E-state index contributed by atoms with van der Waals surface area (Å²) in [5.41, 5.74) is 0.976. The second-order valence-corrected chi connectivity index (χ2v) is 4.25. The summed E-state index contributed by atoms with van der Waals surface area (Å²) in [5, 5.41) is 12.1. The first-order valence-corrected chi connectivity index (χ1v) is 6.26. The molecule has 0 aromatic heterocycles. The Balaban J connectivity index is 2.60. The minimum atomic E-state index is -0.767. The molecule has 0 fully saturated rings. The van der Waals surface area contributed by atoms with Crippen LogP contribution in [0.25, 0.3) is 0 Å². The molecule has 1 rings (SSSR count). The lowest BCUT2D eigenvalue weighted by Gasteiger charge is -2.13. The van der Waals surface area contributed by atoms with Crippen molar-refractivity contribution in [1.29, 1.82) is 0 Å². The molecule has 0 spiro atoms. The summed E-state index contributed by atoms with van der Waals surface area (Å²) in [4.78, 5) is 10.9. The van der Waals surface area contributed by atoms with Crippen LogP contribution in [0.15, 0.2) is 18.2 Å². The van der Waals surface area contributed by atoms with Gasteiger partial charge in [-0.15, -0.1) is 0 Å². The van der Waals surface area contributed by atoms with E-state index in [-0.39, 0.29) is 5.92 Å². The van der Waals surface area contributed by atoms with E-state index >= 15 is 0 Å². The number of carbonyl (C=O) groups is 1. The highest BCUT2D eigenvalue weighted by Gasteiger charge is 2.14. The van der Waals surface area contributed by atoms with Crippen LogP contribution in [0.2, 0.25) is 0 Å². The van der Waals surface area contributed by atoms with Crippen LogP contribution in [0.4, 0.5) is 0 Å². The first kappa shape index (κ1) is 15.3. The molecule has 5 heteroatoms. The fraction of sp³-hybridized carbons (Fsp3) is 0.500. The fourth-order valence-corrected chi connectivity index (χ4v) is 1.79. The third-order valence-corrected chi connectivity index (χ3v) is 3.04. The van der Waals surface area contributed by atoms with Crippen LogP contribution >= 0.6 is 0 Å². The van der Waals surface area contributed by atoms with E-state index in [0.717, 1.165) is 17.1 Å². The molecule has 106 valence electrons. The van der Waals surface area contributed by atoms with E-state index < -0.39 is 5.97 Å². The molecule has 0 heterocycles. The van der Waals surface area contributed by atoms with Gasteiger partial charge in [-0.05, 0) is 12.5 Å². The fourth-order valence-electron chi connectivity index (χ4n) is 1.79. The Morgan fingerprint density at radius 1 is 1.37 bits per heavy atom. The van der Waals surface area contributed by atoms with Gasteiger partial charge < -0.3 is 19.9 Å². The maximum absolute atomic E-state index is 10.9. The van der Waals surface area contributed by atoms with Gasteiger partial charge in [0.05, 0.1) is 20.1 Å². The van der Waals surface area contributed by atoms with E-state index in [1.165, 1.54) is 0 Å². The number of hydrogen-bond donors (Lipinski definition) is 2. The van der Waals surface area contributed by atoms with Gasteiger partial charge in [0.1, 0.15) is 11.5 Å². The lowest BCUT2D eigenvalue weighted by atomic mass is 10.1. The van der Waals surface area contributed by atoms with Crippen molar-refractivity contribution in [3.63, 3.8) is 0 Å². The summed E-state index contributed by atoms with van der Waals surface area (Å²) in [7, 11) is 3.20. The predicted molar refractivity (Wildman–Crippen MR) is 72.7 cm³/mol. The lowest BCUT2D eigenvalue weighted by molar-refractivity contribution is -0.141. The standard InChI is InChI=1S/C14H21NO4/c1-4-10(14(16)17)8-15-9-11-5-6-12(18-2)7-13(11)19-3/h5-7,10,15H,4,8-9H2,1-3H3,(H,16,17). The number of nitrogens with one attached hydrogen (secondary N) is 1. The molecule has 0 aliphatic heterocycles. The van der Waals surface area contributed by atoms with Crippen molar-refractivity contribution in [2.75, 3.05) is 20.8 Å². The molecule has 1 aromatic rings. The number of carboxylic acids is 1. The molecular weight excluding hydrogens is 246 g/mol. The van der Waals surface area contributed by atoms with Gasteiger partial charge in [0.2, 0.25) is 0 Å². The molecule has 1 aromatic carbocycles. The zero-order valence-corrected chi connectivity index (χ0v) is 11.6. The maximum atomic E-state index is 10.9. The van der Waals surface area contributed by atoms with Crippen LogP contribution in [0.3, 0.4) is 0 Å². The van der Waals surface area contributed by atoms with Crippen molar-refractivity contribution in [1.82, 2.24) is 5.32 Å². The maximum Gasteiger partial charge on any atom is 0.307 e. The normalized spacial score (nSPS) is 11.9. The third kappa shape index (κ3) is 4.44. The number of methoxy groups -OCH3 is 2. The van der Waals surface area contributed by atoms with E-state index in [1.54, 1.807) is 14.2 Å². The summed E-state index contributed by atoms with van der Waals surface area (Å²) in [6.45, 7) is 2.88. The number of aliphatic carboxylic acids is 1. The van der Waals surface area contributed by atoms with Gasteiger partial charge >= 0.3 is 5.97 Å². The summed E-state index contributed by atoms with van der Waals surface area (Å²) in [6.07, 6.45) is 0.613. The van der Waals surface area contributed by atoms with E-state index in [4.69, 9.17) is 14.6 Å². The Hall–Kier alpha value is -1.75. The molecule has 19 heavy (non-hydrogen) atoms. The van der Waals surface area contributed by atoms with E-state index in [9.17, 15) is 4.79 Å². The Kier molecular flexibility index (Phi) is 6.15. The summed E-state index contributed by atoms with van der Waals surface area (Å²) >= 11 is 0. The second-order valence-electron chi connectivity index (χ2n) is 4.25. The molecule has 0 saturated heterocycles. The molecule has 1 atom stereocenters. The smallest absolute Gasteiger partial charge is 0.307 e. The largest absolute Gasteiger partial charge is 0.497 e. The number of benzene rings is 1. The van der Waals surface area contributed by atoms with Crippen molar-refractivity contribution in [2.24, 2.45) is 5.92 Å². The zero-order chi connectivity index (χ0) is 14.3. The number of carboxylic acid groups (broad SMARTS) is 1. The second kappa shape index (κ2) is 7.63. The van der Waals surface area contributed by atoms with Crippen LogP contribution in [0, 0.1) is 5.92 Å². The van der Waals surface area contributed by atoms with Crippen molar-refractivity contribution in [2.45, 2.75) is 19.9 Å². The molecule has 0 bridgehead atoms. The summed E-state index contributed by atoms with van der Waals surface area (Å²) in [5.74, 6) is 0.341. The molecule has 0 saturated carbocycles. The molecular formula is C14H21NO4. The van der Waals surface area contributed by atoms with Crippen LogP contribution in [-0.4, -0.2) is 31.8 Å². The minimum absolute atomic E-state index is 0.357. The zero-order valence-electron chi connectivity index (χ0n) is 11.6. The first-order chi connectivity index (χ1) is 9.12. The molecule has 1 unspecified atom stereocenters. The Morgan fingerprint density at radius 3 is 2.63 bits per heavy atom. The lowest BCUT2D eigenvalue weighted by Crippen LogP contribution is -2.27. The highest BCUT2D eigenvalue weighted by molar-refractivity contribution is 5.70. The number of rotatable bonds is 8. The van der Waals surface area contributed by atoms with Gasteiger partial charge in [0.15, 0.2) is 0 Å². The quantitative estimate of drug-likeness (QED) is 0.753. The van der Waals surface area contributed by atoms with Gasteiger partial charge in [-0.2, -0.15) is 0 Å². The molecule has 0 aliphatic carbocycles.